The number of anilines is 3. The van der Waals surface area contributed by atoms with Crippen molar-refractivity contribution in [3.63, 3.8) is 0 Å². The monoisotopic (exact) mass is 652 g/mol. The largest absolute Gasteiger partial charge is 0.310 e. The molecule has 10 aromatic rings. The first-order valence-electron chi connectivity index (χ1n) is 17.3. The van der Waals surface area contributed by atoms with E-state index in [0.29, 0.717) is 0 Å². The third-order valence-corrected chi connectivity index (χ3v) is 9.98. The van der Waals surface area contributed by atoms with Gasteiger partial charge in [0.2, 0.25) is 0 Å². The van der Waals surface area contributed by atoms with Crippen LogP contribution in [0.15, 0.2) is 194 Å². The van der Waals surface area contributed by atoms with Crippen molar-refractivity contribution in [2.45, 2.75) is 0 Å². The van der Waals surface area contributed by atoms with Gasteiger partial charge in [0.25, 0.3) is 0 Å². The average molecular weight is 653 g/mol. The summed E-state index contributed by atoms with van der Waals surface area (Å²) in [6, 6.07) is 65.3. The van der Waals surface area contributed by atoms with Crippen molar-refractivity contribution in [1.82, 2.24) is 14.1 Å². The standard InChI is InChI=1S/C47H32N4/c1-2-15-35(16-3-1)49(36-26-28-37(29-27-36)50-42-21-7-4-18-39(42)40-19-5-8-22-43(40)50)45-24-11-25-46-47(45)41-20-6-9-23-44(41)51(46)38-17-10-13-33(31-38)34-14-12-30-48-32-34/h1-32H. The SMILES string of the molecule is c1ccc(N(c2ccc(-n3c4ccccc4c4ccccc43)cc2)c2cccc3c2c2ccccc2n3-c2cccc(-c3cccnc3)c2)cc1. The van der Waals surface area contributed by atoms with Crippen LogP contribution in [0.4, 0.5) is 17.1 Å². The summed E-state index contributed by atoms with van der Waals surface area (Å²) in [5, 5.41) is 4.93. The molecule has 0 bridgehead atoms. The molecule has 0 aliphatic heterocycles. The summed E-state index contributed by atoms with van der Waals surface area (Å²) in [5.74, 6) is 0. The van der Waals surface area contributed by atoms with Crippen LogP contribution in [0.2, 0.25) is 0 Å². The Morgan fingerprint density at radius 1 is 0.392 bits per heavy atom. The number of rotatable bonds is 6. The first-order valence-corrected chi connectivity index (χ1v) is 17.3. The molecule has 0 radical (unpaired) electrons. The van der Waals surface area contributed by atoms with Crippen LogP contribution in [0.3, 0.4) is 0 Å². The zero-order chi connectivity index (χ0) is 33.7. The summed E-state index contributed by atoms with van der Waals surface area (Å²) in [7, 11) is 0. The summed E-state index contributed by atoms with van der Waals surface area (Å²) in [6.45, 7) is 0. The molecule has 0 saturated heterocycles. The van der Waals surface area contributed by atoms with Gasteiger partial charge in [0, 0.05) is 62.3 Å². The molecule has 0 N–H and O–H groups in total. The van der Waals surface area contributed by atoms with E-state index in [0.717, 1.165) is 50.6 Å². The van der Waals surface area contributed by atoms with Gasteiger partial charge in [-0.05, 0) is 90.5 Å². The van der Waals surface area contributed by atoms with Crippen molar-refractivity contribution in [2.24, 2.45) is 0 Å². The fraction of sp³-hybridized carbons (Fsp3) is 0. The highest BCUT2D eigenvalue weighted by molar-refractivity contribution is 6.16. The average Bonchev–Trinajstić information content (AvgIpc) is 3.73. The highest BCUT2D eigenvalue weighted by atomic mass is 15.1. The van der Waals surface area contributed by atoms with Crippen molar-refractivity contribution < 1.29 is 0 Å². The van der Waals surface area contributed by atoms with Gasteiger partial charge in [-0.2, -0.15) is 0 Å². The Labute approximate surface area is 295 Å². The minimum Gasteiger partial charge on any atom is -0.310 e. The maximum atomic E-state index is 4.37. The van der Waals surface area contributed by atoms with E-state index in [-0.39, 0.29) is 0 Å². The maximum absolute atomic E-state index is 4.37. The minimum absolute atomic E-state index is 1.09. The Kier molecular flexibility index (Phi) is 6.78. The van der Waals surface area contributed by atoms with Gasteiger partial charge in [-0.25, -0.2) is 0 Å². The number of para-hydroxylation sites is 4. The van der Waals surface area contributed by atoms with E-state index in [1.807, 2.05) is 18.5 Å². The van der Waals surface area contributed by atoms with E-state index >= 15 is 0 Å². The van der Waals surface area contributed by atoms with Crippen LogP contribution in [-0.4, -0.2) is 14.1 Å². The van der Waals surface area contributed by atoms with Gasteiger partial charge in [-0.15, -0.1) is 0 Å². The lowest BCUT2D eigenvalue weighted by molar-refractivity contribution is 1.17. The van der Waals surface area contributed by atoms with Crippen LogP contribution in [0, 0.1) is 0 Å². The van der Waals surface area contributed by atoms with Crippen molar-refractivity contribution >= 4 is 60.7 Å². The Bertz CT molecular complexity index is 2800. The lowest BCUT2D eigenvalue weighted by Crippen LogP contribution is -2.10. The van der Waals surface area contributed by atoms with Gasteiger partial charge < -0.3 is 14.0 Å². The lowest BCUT2D eigenvalue weighted by atomic mass is 10.1. The summed E-state index contributed by atoms with van der Waals surface area (Å²) in [6.07, 6.45) is 3.74. The molecule has 240 valence electrons. The van der Waals surface area contributed by atoms with Crippen molar-refractivity contribution in [1.29, 1.82) is 0 Å². The zero-order valence-corrected chi connectivity index (χ0v) is 27.8. The minimum atomic E-state index is 1.09. The predicted octanol–water partition coefficient (Wildman–Crippen LogP) is 12.4. The van der Waals surface area contributed by atoms with Gasteiger partial charge in [-0.1, -0.05) is 97.1 Å². The molecule has 4 nitrogen and oxygen atoms in total. The number of hydrogen-bond acceptors (Lipinski definition) is 2. The van der Waals surface area contributed by atoms with Gasteiger partial charge in [-0.3, -0.25) is 4.98 Å². The number of benzene rings is 7. The fourth-order valence-corrected chi connectivity index (χ4v) is 7.78. The number of pyridine rings is 1. The number of aromatic nitrogens is 3. The van der Waals surface area contributed by atoms with Crippen molar-refractivity contribution in [3.05, 3.63) is 194 Å². The molecule has 0 unspecified atom stereocenters. The smallest absolute Gasteiger partial charge is 0.0562 e. The van der Waals surface area contributed by atoms with Crippen LogP contribution in [-0.2, 0) is 0 Å². The number of fused-ring (bicyclic) bond motifs is 6. The van der Waals surface area contributed by atoms with Gasteiger partial charge >= 0.3 is 0 Å². The summed E-state index contributed by atoms with van der Waals surface area (Å²) >= 11 is 0. The Balaban J connectivity index is 1.17. The van der Waals surface area contributed by atoms with Crippen LogP contribution >= 0.6 is 0 Å². The second-order valence-electron chi connectivity index (χ2n) is 12.9. The molecule has 0 saturated carbocycles. The van der Waals surface area contributed by atoms with Crippen LogP contribution in [0.5, 0.6) is 0 Å². The highest BCUT2D eigenvalue weighted by Crippen LogP contribution is 2.44. The molecular weight excluding hydrogens is 621 g/mol. The first kappa shape index (κ1) is 29.0. The van der Waals surface area contributed by atoms with E-state index in [9.17, 15) is 0 Å². The lowest BCUT2D eigenvalue weighted by Gasteiger charge is -2.27. The molecule has 0 fully saturated rings. The third-order valence-electron chi connectivity index (χ3n) is 9.98. The van der Waals surface area contributed by atoms with E-state index < -0.39 is 0 Å². The third kappa shape index (κ3) is 4.72. The topological polar surface area (TPSA) is 26.0 Å². The summed E-state index contributed by atoms with van der Waals surface area (Å²) in [5.41, 5.74) is 12.5. The van der Waals surface area contributed by atoms with E-state index in [4.69, 9.17) is 0 Å². The van der Waals surface area contributed by atoms with Gasteiger partial charge in [0.05, 0.1) is 27.8 Å². The Morgan fingerprint density at radius 2 is 0.961 bits per heavy atom. The summed E-state index contributed by atoms with van der Waals surface area (Å²) < 4.78 is 4.76. The van der Waals surface area contributed by atoms with E-state index in [2.05, 4.69) is 195 Å². The second kappa shape index (κ2) is 11.9. The van der Waals surface area contributed by atoms with Crippen molar-refractivity contribution in [2.75, 3.05) is 4.90 Å². The molecule has 10 rings (SSSR count). The molecule has 3 heterocycles. The Morgan fingerprint density at radius 3 is 1.67 bits per heavy atom. The van der Waals surface area contributed by atoms with Crippen LogP contribution < -0.4 is 4.90 Å². The predicted molar refractivity (Wildman–Crippen MR) is 213 cm³/mol. The number of hydrogen-bond donors (Lipinski definition) is 0. The van der Waals surface area contributed by atoms with E-state index in [1.165, 1.54) is 32.6 Å². The molecule has 0 atom stereocenters. The fourth-order valence-electron chi connectivity index (χ4n) is 7.78. The highest BCUT2D eigenvalue weighted by Gasteiger charge is 2.21. The molecular formula is C47H32N4. The zero-order valence-electron chi connectivity index (χ0n) is 27.8. The van der Waals surface area contributed by atoms with E-state index in [1.54, 1.807) is 0 Å². The molecule has 3 aromatic heterocycles. The van der Waals surface area contributed by atoms with Crippen LogP contribution in [0.1, 0.15) is 0 Å². The maximum Gasteiger partial charge on any atom is 0.0562 e. The molecule has 0 aliphatic rings. The quantitative estimate of drug-likeness (QED) is 0.179. The molecule has 0 amide bonds. The second-order valence-corrected chi connectivity index (χ2v) is 12.9. The molecule has 51 heavy (non-hydrogen) atoms. The van der Waals surface area contributed by atoms with Gasteiger partial charge in [0.1, 0.15) is 0 Å². The normalized spacial score (nSPS) is 11.5. The first-order chi connectivity index (χ1) is 25.3. The van der Waals surface area contributed by atoms with Gasteiger partial charge in [0.15, 0.2) is 0 Å². The number of nitrogens with zero attached hydrogens (tertiary/aromatic N) is 4. The molecule has 0 spiro atoms. The Hall–Kier alpha value is -6.91. The molecule has 4 heteroatoms. The molecule has 0 aliphatic carbocycles. The summed E-state index contributed by atoms with van der Waals surface area (Å²) in [4.78, 5) is 6.76. The molecule has 7 aromatic carbocycles. The van der Waals surface area contributed by atoms with Crippen molar-refractivity contribution in [3.8, 4) is 22.5 Å². The van der Waals surface area contributed by atoms with Crippen LogP contribution in [0.25, 0.3) is 66.1 Å².